The molecule has 7 heteroatoms. The van der Waals surface area contributed by atoms with Crippen LogP contribution in [0.4, 0.5) is 10.5 Å². The van der Waals surface area contributed by atoms with Gasteiger partial charge in [0.15, 0.2) is 12.4 Å². The SMILES string of the molecule is CC(=O)OC(C)[n+]1cccc(CNC(=O)Nc2ccc(COc3ccccc3-c3ccccc3)cc2)c1. The van der Waals surface area contributed by atoms with Gasteiger partial charge in [0.25, 0.3) is 0 Å². The summed E-state index contributed by atoms with van der Waals surface area (Å²) in [7, 11) is 0. The number of ether oxygens (including phenoxy) is 2. The monoisotopic (exact) mass is 496 g/mol. The lowest BCUT2D eigenvalue weighted by Crippen LogP contribution is -2.40. The van der Waals surface area contributed by atoms with Crippen LogP contribution in [0.2, 0.25) is 0 Å². The standard InChI is InChI=1S/C30H29N3O4/c1-22(37-23(2)34)33-18-8-9-25(20-33)19-31-30(35)32-27-16-14-24(15-17-27)21-36-29-13-7-6-12-28(29)26-10-4-3-5-11-26/h3-18,20,22H,19,21H2,1-2H3,(H-,31,32,35)/p+1. The van der Waals surface area contributed by atoms with Gasteiger partial charge in [0.1, 0.15) is 12.4 Å². The number of aromatic nitrogens is 1. The first-order valence-electron chi connectivity index (χ1n) is 12.1. The molecule has 0 bridgehead atoms. The van der Waals surface area contributed by atoms with Crippen LogP contribution >= 0.6 is 0 Å². The highest BCUT2D eigenvalue weighted by Gasteiger charge is 2.15. The number of urea groups is 1. The molecule has 1 aromatic heterocycles. The van der Waals surface area contributed by atoms with E-state index in [1.54, 1.807) is 11.5 Å². The highest BCUT2D eigenvalue weighted by atomic mass is 16.6. The summed E-state index contributed by atoms with van der Waals surface area (Å²) < 4.78 is 13.1. The molecule has 188 valence electrons. The Hall–Kier alpha value is -4.65. The van der Waals surface area contributed by atoms with E-state index in [1.807, 2.05) is 91.3 Å². The van der Waals surface area contributed by atoms with Gasteiger partial charge in [-0.05, 0) is 35.4 Å². The molecule has 1 atom stereocenters. The smallest absolute Gasteiger partial charge is 0.319 e. The summed E-state index contributed by atoms with van der Waals surface area (Å²) in [6.45, 7) is 3.89. The Balaban J connectivity index is 1.28. The fourth-order valence-corrected chi connectivity index (χ4v) is 3.83. The Bertz CT molecular complexity index is 1340. The number of esters is 1. The molecule has 0 radical (unpaired) electrons. The molecule has 7 nitrogen and oxygen atoms in total. The van der Waals surface area contributed by atoms with Crippen molar-refractivity contribution >= 4 is 17.7 Å². The van der Waals surface area contributed by atoms with Gasteiger partial charge in [-0.25, -0.2) is 4.79 Å². The molecular formula is C30H30N3O4+. The average Bonchev–Trinajstić information content (AvgIpc) is 2.92. The normalized spacial score (nSPS) is 11.3. The maximum atomic E-state index is 12.4. The van der Waals surface area contributed by atoms with Crippen molar-refractivity contribution in [2.75, 3.05) is 5.32 Å². The molecule has 4 rings (SSSR count). The lowest BCUT2D eigenvalue weighted by molar-refractivity contribution is -0.753. The molecule has 1 unspecified atom stereocenters. The number of para-hydroxylation sites is 1. The van der Waals surface area contributed by atoms with Gasteiger partial charge in [0.05, 0.1) is 6.54 Å². The Labute approximate surface area is 216 Å². The van der Waals surface area contributed by atoms with Crippen molar-refractivity contribution in [3.8, 4) is 16.9 Å². The maximum Gasteiger partial charge on any atom is 0.319 e. The molecule has 0 aliphatic rings. The zero-order chi connectivity index (χ0) is 26.0. The third-order valence-corrected chi connectivity index (χ3v) is 5.67. The zero-order valence-corrected chi connectivity index (χ0v) is 20.9. The fraction of sp³-hybridized carbons (Fsp3) is 0.167. The van der Waals surface area contributed by atoms with Crippen molar-refractivity contribution in [1.82, 2.24) is 5.32 Å². The van der Waals surface area contributed by atoms with Crippen LogP contribution < -0.4 is 19.9 Å². The van der Waals surface area contributed by atoms with Gasteiger partial charge >= 0.3 is 18.2 Å². The summed E-state index contributed by atoms with van der Waals surface area (Å²) in [6.07, 6.45) is 3.21. The van der Waals surface area contributed by atoms with E-state index in [9.17, 15) is 9.59 Å². The number of carbonyl (C=O) groups excluding carboxylic acids is 2. The van der Waals surface area contributed by atoms with Crippen molar-refractivity contribution in [2.24, 2.45) is 0 Å². The first-order valence-corrected chi connectivity index (χ1v) is 12.1. The van der Waals surface area contributed by atoms with Crippen LogP contribution in [0, 0.1) is 0 Å². The van der Waals surface area contributed by atoms with E-state index >= 15 is 0 Å². The lowest BCUT2D eigenvalue weighted by atomic mass is 10.0. The molecule has 0 fully saturated rings. The Morgan fingerprint density at radius 1 is 0.865 bits per heavy atom. The summed E-state index contributed by atoms with van der Waals surface area (Å²) in [5, 5.41) is 5.68. The molecule has 2 amide bonds. The topological polar surface area (TPSA) is 80.5 Å². The molecular weight excluding hydrogens is 466 g/mol. The summed E-state index contributed by atoms with van der Waals surface area (Å²) in [4.78, 5) is 23.6. The summed E-state index contributed by atoms with van der Waals surface area (Å²) >= 11 is 0. The zero-order valence-electron chi connectivity index (χ0n) is 20.9. The number of nitrogens with zero attached hydrogens (tertiary/aromatic N) is 1. The van der Waals surface area contributed by atoms with Gasteiger partial charge < -0.3 is 20.1 Å². The molecule has 0 aliphatic carbocycles. The number of hydrogen-bond donors (Lipinski definition) is 2. The van der Waals surface area contributed by atoms with Crippen molar-refractivity contribution in [2.45, 2.75) is 33.2 Å². The second-order valence-corrected chi connectivity index (χ2v) is 8.52. The third-order valence-electron chi connectivity index (χ3n) is 5.67. The Morgan fingerprint density at radius 2 is 1.59 bits per heavy atom. The average molecular weight is 497 g/mol. The van der Waals surface area contributed by atoms with Gasteiger partial charge in [0.2, 0.25) is 0 Å². The number of nitrogens with one attached hydrogen (secondary N) is 2. The molecule has 0 aliphatic heterocycles. The number of pyridine rings is 1. The van der Waals surface area contributed by atoms with Gasteiger partial charge in [-0.15, -0.1) is 0 Å². The van der Waals surface area contributed by atoms with Crippen molar-refractivity contribution in [3.63, 3.8) is 0 Å². The van der Waals surface area contributed by atoms with Crippen LogP contribution in [0.25, 0.3) is 11.1 Å². The minimum absolute atomic E-state index is 0.316. The number of anilines is 1. The van der Waals surface area contributed by atoms with Crippen molar-refractivity contribution < 1.29 is 23.6 Å². The van der Waals surface area contributed by atoms with E-state index < -0.39 is 6.23 Å². The van der Waals surface area contributed by atoms with E-state index in [2.05, 4.69) is 22.8 Å². The minimum atomic E-state index is -0.430. The second kappa shape index (κ2) is 12.4. The molecule has 4 aromatic rings. The number of carbonyl (C=O) groups is 2. The van der Waals surface area contributed by atoms with Crippen LogP contribution in [0.3, 0.4) is 0 Å². The van der Waals surface area contributed by atoms with E-state index in [4.69, 9.17) is 9.47 Å². The van der Waals surface area contributed by atoms with Crippen LogP contribution in [0.1, 0.15) is 31.2 Å². The largest absolute Gasteiger partial charge is 0.488 e. The molecule has 1 heterocycles. The molecule has 37 heavy (non-hydrogen) atoms. The van der Waals surface area contributed by atoms with Crippen LogP contribution in [-0.4, -0.2) is 12.0 Å². The van der Waals surface area contributed by atoms with E-state index in [0.29, 0.717) is 18.8 Å². The summed E-state index contributed by atoms with van der Waals surface area (Å²) in [5.74, 6) is 0.470. The highest BCUT2D eigenvalue weighted by Crippen LogP contribution is 2.30. The van der Waals surface area contributed by atoms with E-state index in [-0.39, 0.29) is 12.0 Å². The predicted octanol–water partition coefficient (Wildman–Crippen LogP) is 5.62. The number of rotatable bonds is 9. The first kappa shape index (κ1) is 25.4. The van der Waals surface area contributed by atoms with Crippen molar-refractivity contribution in [3.05, 3.63) is 115 Å². The van der Waals surface area contributed by atoms with Gasteiger partial charge in [-0.3, -0.25) is 4.79 Å². The van der Waals surface area contributed by atoms with Crippen LogP contribution in [-0.2, 0) is 22.7 Å². The molecule has 0 saturated carbocycles. The summed E-state index contributed by atoms with van der Waals surface area (Å²) in [6, 6.07) is 29.1. The maximum absolute atomic E-state index is 12.4. The van der Waals surface area contributed by atoms with E-state index in [1.165, 1.54) is 6.92 Å². The quantitative estimate of drug-likeness (QED) is 0.233. The Kier molecular flexibility index (Phi) is 8.49. The molecule has 2 N–H and O–H groups in total. The Morgan fingerprint density at radius 3 is 2.35 bits per heavy atom. The van der Waals surface area contributed by atoms with E-state index in [0.717, 1.165) is 28.0 Å². The third kappa shape index (κ3) is 7.41. The van der Waals surface area contributed by atoms with Gasteiger partial charge in [0, 0.05) is 36.7 Å². The minimum Gasteiger partial charge on any atom is -0.488 e. The second-order valence-electron chi connectivity index (χ2n) is 8.52. The lowest BCUT2D eigenvalue weighted by Gasteiger charge is -2.12. The fourth-order valence-electron chi connectivity index (χ4n) is 3.83. The number of hydrogen-bond acceptors (Lipinski definition) is 4. The highest BCUT2D eigenvalue weighted by molar-refractivity contribution is 5.89. The predicted molar refractivity (Wildman–Crippen MR) is 142 cm³/mol. The molecule has 0 saturated heterocycles. The van der Waals surface area contributed by atoms with Crippen LogP contribution in [0.15, 0.2) is 103 Å². The molecule has 0 spiro atoms. The number of amides is 2. The van der Waals surface area contributed by atoms with Gasteiger partial charge in [-0.2, -0.15) is 4.57 Å². The first-order chi connectivity index (χ1) is 18.0. The van der Waals surface area contributed by atoms with Gasteiger partial charge in [-0.1, -0.05) is 60.7 Å². The molecule has 3 aromatic carbocycles. The van der Waals surface area contributed by atoms with Crippen LogP contribution in [0.5, 0.6) is 5.75 Å². The van der Waals surface area contributed by atoms with Crippen molar-refractivity contribution in [1.29, 1.82) is 0 Å². The summed E-state index contributed by atoms with van der Waals surface area (Å²) in [5.41, 5.74) is 4.69. The number of benzene rings is 3.